The van der Waals surface area contributed by atoms with Crippen LogP contribution in [0.2, 0.25) is 0 Å². The molecule has 0 bridgehead atoms. The molecule has 6 nitrogen and oxygen atoms in total. The molecule has 7 heteroatoms. The van der Waals surface area contributed by atoms with E-state index in [2.05, 4.69) is 23.9 Å². The van der Waals surface area contributed by atoms with Crippen molar-refractivity contribution >= 4 is 15.9 Å². The van der Waals surface area contributed by atoms with Gasteiger partial charge in [0, 0.05) is 12.6 Å². The maximum absolute atomic E-state index is 12.2. The quantitative estimate of drug-likeness (QED) is 0.620. The van der Waals surface area contributed by atoms with E-state index in [0.717, 1.165) is 5.56 Å². The predicted octanol–water partition coefficient (Wildman–Crippen LogP) is 3.33. The zero-order valence-corrected chi connectivity index (χ0v) is 18.3. The highest BCUT2D eigenvalue weighted by Gasteiger charge is 2.15. The molecule has 0 spiro atoms. The maximum Gasteiger partial charge on any atom is 0.258 e. The van der Waals surface area contributed by atoms with Gasteiger partial charge in [0.05, 0.1) is 5.75 Å². The summed E-state index contributed by atoms with van der Waals surface area (Å²) in [6.45, 7) is 7.93. The van der Waals surface area contributed by atoms with Gasteiger partial charge >= 0.3 is 0 Å². The fourth-order valence-electron chi connectivity index (χ4n) is 2.82. The molecule has 0 aromatic heterocycles. The first-order valence-corrected chi connectivity index (χ1v) is 11.4. The first kappa shape index (κ1) is 22.9. The number of hydrogen-bond donors (Lipinski definition) is 2. The van der Waals surface area contributed by atoms with Crippen molar-refractivity contribution < 1.29 is 17.9 Å². The molecule has 0 aliphatic heterocycles. The third-order valence-electron chi connectivity index (χ3n) is 4.27. The average Bonchev–Trinajstić information content (AvgIpc) is 2.64. The summed E-state index contributed by atoms with van der Waals surface area (Å²) in [5.41, 5.74) is 2.63. The molecule has 0 aliphatic rings. The van der Waals surface area contributed by atoms with E-state index in [-0.39, 0.29) is 30.9 Å². The molecule has 0 atom stereocenters. The van der Waals surface area contributed by atoms with E-state index >= 15 is 0 Å². The average molecular weight is 419 g/mol. The Morgan fingerprint density at radius 3 is 2.17 bits per heavy atom. The number of ether oxygens (including phenoxy) is 1. The summed E-state index contributed by atoms with van der Waals surface area (Å²) < 4.78 is 32.5. The molecule has 0 saturated heterocycles. The van der Waals surface area contributed by atoms with Crippen LogP contribution in [0.15, 0.2) is 48.5 Å². The van der Waals surface area contributed by atoms with Crippen molar-refractivity contribution in [3.05, 3.63) is 65.2 Å². The lowest BCUT2D eigenvalue weighted by atomic mass is 10.0. The van der Waals surface area contributed by atoms with Crippen molar-refractivity contribution in [3.63, 3.8) is 0 Å². The Morgan fingerprint density at radius 2 is 1.59 bits per heavy atom. The van der Waals surface area contributed by atoms with Crippen LogP contribution in [0.1, 0.15) is 50.3 Å². The number of carbonyl (C=O) groups excluding carboxylic acids is 1. The van der Waals surface area contributed by atoms with E-state index in [9.17, 15) is 13.2 Å². The molecule has 2 aromatic carbocycles. The monoisotopic (exact) mass is 418 g/mol. The zero-order chi connectivity index (χ0) is 21.4. The van der Waals surface area contributed by atoms with Crippen molar-refractivity contribution in [2.24, 2.45) is 0 Å². The van der Waals surface area contributed by atoms with Crippen molar-refractivity contribution in [3.8, 4) is 5.75 Å². The first-order valence-electron chi connectivity index (χ1n) is 9.72. The second kappa shape index (κ2) is 10.4. The molecule has 0 aliphatic carbocycles. The molecule has 0 saturated carbocycles. The summed E-state index contributed by atoms with van der Waals surface area (Å²) in [6.07, 6.45) is 0. The largest absolute Gasteiger partial charge is 0.484 e. The highest BCUT2D eigenvalue weighted by atomic mass is 32.2. The molecule has 0 unspecified atom stereocenters. The second-order valence-electron chi connectivity index (χ2n) is 7.59. The van der Waals surface area contributed by atoms with Crippen LogP contribution in [0.5, 0.6) is 5.75 Å². The predicted molar refractivity (Wildman–Crippen MR) is 115 cm³/mol. The highest BCUT2D eigenvalue weighted by molar-refractivity contribution is 7.88. The van der Waals surface area contributed by atoms with Gasteiger partial charge in [-0.2, -0.15) is 0 Å². The van der Waals surface area contributed by atoms with E-state index in [1.807, 2.05) is 36.4 Å². The molecule has 29 heavy (non-hydrogen) atoms. The second-order valence-corrected chi connectivity index (χ2v) is 9.34. The molecular formula is C22H30N2O4S. The molecule has 158 valence electrons. The van der Waals surface area contributed by atoms with Crippen LogP contribution < -0.4 is 14.8 Å². The van der Waals surface area contributed by atoms with Gasteiger partial charge in [-0.3, -0.25) is 4.79 Å². The molecule has 0 radical (unpaired) electrons. The summed E-state index contributed by atoms with van der Waals surface area (Å²) in [7, 11) is -3.44. The number of nitrogens with one attached hydrogen (secondary N) is 2. The summed E-state index contributed by atoms with van der Waals surface area (Å²) in [6, 6.07) is 14.7. The third kappa shape index (κ3) is 7.87. The Kier molecular flexibility index (Phi) is 8.22. The molecule has 2 rings (SSSR count). The van der Waals surface area contributed by atoms with Gasteiger partial charge in [0.1, 0.15) is 5.75 Å². The van der Waals surface area contributed by atoms with E-state index in [4.69, 9.17) is 4.74 Å². The summed E-state index contributed by atoms with van der Waals surface area (Å²) >= 11 is 0. The Labute approximate surface area is 173 Å². The SMILES string of the molecule is CC(C)NS(=O)(=O)Cc1ccccc1CNC(=O)COc1ccc(C(C)C)cc1. The molecule has 2 aromatic rings. The van der Waals surface area contributed by atoms with E-state index in [0.29, 0.717) is 17.2 Å². The van der Waals surface area contributed by atoms with Gasteiger partial charge in [-0.1, -0.05) is 50.2 Å². The van der Waals surface area contributed by atoms with Gasteiger partial charge in [-0.05, 0) is 48.6 Å². The van der Waals surface area contributed by atoms with Crippen molar-refractivity contribution in [2.75, 3.05) is 6.61 Å². The lowest BCUT2D eigenvalue weighted by molar-refractivity contribution is -0.123. The van der Waals surface area contributed by atoms with E-state index in [1.165, 1.54) is 5.56 Å². The first-order chi connectivity index (χ1) is 13.7. The van der Waals surface area contributed by atoms with Gasteiger partial charge in [0.15, 0.2) is 6.61 Å². The lowest BCUT2D eigenvalue weighted by Gasteiger charge is -2.13. The van der Waals surface area contributed by atoms with Crippen molar-refractivity contribution in [1.82, 2.24) is 10.0 Å². The Bertz CT molecular complexity index is 907. The summed E-state index contributed by atoms with van der Waals surface area (Å²) in [5, 5.41) is 2.79. The topological polar surface area (TPSA) is 84.5 Å². The van der Waals surface area contributed by atoms with Crippen LogP contribution in [0, 0.1) is 0 Å². The van der Waals surface area contributed by atoms with Gasteiger partial charge < -0.3 is 10.1 Å². The van der Waals surface area contributed by atoms with Gasteiger partial charge in [0.25, 0.3) is 5.91 Å². The Balaban J connectivity index is 1.90. The minimum atomic E-state index is -3.44. The Hall–Kier alpha value is -2.38. The van der Waals surface area contributed by atoms with Crippen LogP contribution in [0.25, 0.3) is 0 Å². The van der Waals surface area contributed by atoms with Crippen LogP contribution >= 0.6 is 0 Å². The van der Waals surface area contributed by atoms with Gasteiger partial charge in [-0.25, -0.2) is 13.1 Å². The van der Waals surface area contributed by atoms with E-state index in [1.54, 1.807) is 26.0 Å². The number of rotatable bonds is 10. The van der Waals surface area contributed by atoms with Crippen LogP contribution in [0.3, 0.4) is 0 Å². The smallest absolute Gasteiger partial charge is 0.258 e. The van der Waals surface area contributed by atoms with Crippen LogP contribution in [0.4, 0.5) is 0 Å². The minimum Gasteiger partial charge on any atom is -0.484 e. The lowest BCUT2D eigenvalue weighted by Crippen LogP contribution is -2.32. The van der Waals surface area contributed by atoms with Crippen molar-refractivity contribution in [1.29, 1.82) is 0 Å². The van der Waals surface area contributed by atoms with Crippen molar-refractivity contribution in [2.45, 2.75) is 52.0 Å². The molecule has 0 heterocycles. The Morgan fingerprint density at radius 1 is 0.966 bits per heavy atom. The maximum atomic E-state index is 12.2. The van der Waals surface area contributed by atoms with Gasteiger partial charge in [-0.15, -0.1) is 0 Å². The number of sulfonamides is 1. The zero-order valence-electron chi connectivity index (χ0n) is 17.4. The third-order valence-corrected chi connectivity index (χ3v) is 5.79. The molecule has 0 fully saturated rings. The summed E-state index contributed by atoms with van der Waals surface area (Å²) in [4.78, 5) is 12.1. The normalized spacial score (nSPS) is 11.7. The van der Waals surface area contributed by atoms with Crippen LogP contribution in [-0.2, 0) is 27.1 Å². The number of hydrogen-bond acceptors (Lipinski definition) is 4. The number of amides is 1. The number of carbonyl (C=O) groups is 1. The number of benzene rings is 2. The fourth-order valence-corrected chi connectivity index (χ4v) is 4.31. The van der Waals surface area contributed by atoms with E-state index < -0.39 is 10.0 Å². The molecular weight excluding hydrogens is 388 g/mol. The standard InChI is InChI=1S/C22H30N2O4S/c1-16(2)18-9-11-21(12-10-18)28-14-22(25)23-13-19-7-5-6-8-20(19)15-29(26,27)24-17(3)4/h5-12,16-17,24H,13-15H2,1-4H3,(H,23,25). The van der Waals surface area contributed by atoms with Gasteiger partial charge in [0.2, 0.25) is 10.0 Å². The summed E-state index contributed by atoms with van der Waals surface area (Å²) in [5.74, 6) is 0.675. The minimum absolute atomic E-state index is 0.101. The van der Waals surface area contributed by atoms with Crippen LogP contribution in [-0.4, -0.2) is 27.0 Å². The highest BCUT2D eigenvalue weighted by Crippen LogP contribution is 2.18. The fraction of sp³-hybridized carbons (Fsp3) is 0.409. The molecule has 1 amide bonds. The molecule has 2 N–H and O–H groups in total.